The van der Waals surface area contributed by atoms with E-state index in [2.05, 4.69) is 0 Å². The summed E-state index contributed by atoms with van der Waals surface area (Å²) in [5.41, 5.74) is 1.64. The molecule has 1 N–H and O–H groups in total. The van der Waals surface area contributed by atoms with Crippen LogP contribution in [0.5, 0.6) is 5.95 Å². The first-order valence-electron chi connectivity index (χ1n) is 3.01. The molecular formula is C7H7NO2. The summed E-state index contributed by atoms with van der Waals surface area (Å²) in [7, 11) is 1.90. The first-order valence-corrected chi connectivity index (χ1v) is 3.01. The van der Waals surface area contributed by atoms with E-state index >= 15 is 0 Å². The van der Waals surface area contributed by atoms with Crippen LogP contribution in [0.4, 0.5) is 0 Å². The van der Waals surface area contributed by atoms with Crippen molar-refractivity contribution in [3.63, 3.8) is 0 Å². The zero-order chi connectivity index (χ0) is 7.14. The SMILES string of the molecule is Cn1ccc2oc(O)cc21. The van der Waals surface area contributed by atoms with Crippen LogP contribution in [0.15, 0.2) is 22.7 Å². The number of fused-ring (bicyclic) bond motifs is 1. The lowest BCUT2D eigenvalue weighted by Crippen LogP contribution is -1.79. The second kappa shape index (κ2) is 1.56. The highest BCUT2D eigenvalue weighted by molar-refractivity contribution is 5.75. The molecule has 0 aliphatic carbocycles. The van der Waals surface area contributed by atoms with Crippen LogP contribution in [0, 0.1) is 0 Å². The second-order valence-corrected chi connectivity index (χ2v) is 2.26. The maximum Gasteiger partial charge on any atom is 0.284 e. The molecule has 0 saturated heterocycles. The largest absolute Gasteiger partial charge is 0.481 e. The number of hydrogen-bond acceptors (Lipinski definition) is 2. The summed E-state index contributed by atoms with van der Waals surface area (Å²) in [5.74, 6) is -0.0267. The summed E-state index contributed by atoms with van der Waals surface area (Å²) >= 11 is 0. The molecule has 0 spiro atoms. The first-order chi connectivity index (χ1) is 4.77. The Morgan fingerprint density at radius 2 is 2.40 bits per heavy atom. The Morgan fingerprint density at radius 3 is 3.10 bits per heavy atom. The van der Waals surface area contributed by atoms with Crippen molar-refractivity contribution < 1.29 is 9.52 Å². The number of aromatic hydroxyl groups is 1. The molecule has 2 heterocycles. The van der Waals surface area contributed by atoms with E-state index in [-0.39, 0.29) is 5.95 Å². The molecule has 0 saturated carbocycles. The zero-order valence-corrected chi connectivity index (χ0v) is 5.53. The summed E-state index contributed by atoms with van der Waals surface area (Å²) in [5, 5.41) is 8.89. The van der Waals surface area contributed by atoms with Gasteiger partial charge in [-0.2, -0.15) is 0 Å². The standard InChI is InChI=1S/C7H7NO2/c1-8-3-2-6-5(8)4-7(9)10-6/h2-4,9H,1H3. The van der Waals surface area contributed by atoms with Crippen LogP contribution in [0.2, 0.25) is 0 Å². The monoisotopic (exact) mass is 137 g/mol. The van der Waals surface area contributed by atoms with Gasteiger partial charge < -0.3 is 14.1 Å². The fourth-order valence-electron chi connectivity index (χ4n) is 1.04. The topological polar surface area (TPSA) is 38.3 Å². The Morgan fingerprint density at radius 1 is 1.60 bits per heavy atom. The van der Waals surface area contributed by atoms with Crippen LogP contribution in [-0.4, -0.2) is 9.67 Å². The molecule has 2 aromatic rings. The molecule has 10 heavy (non-hydrogen) atoms. The van der Waals surface area contributed by atoms with Crippen LogP contribution < -0.4 is 0 Å². The Balaban J connectivity index is 2.90. The molecule has 2 aromatic heterocycles. The molecule has 0 bridgehead atoms. The van der Waals surface area contributed by atoms with E-state index in [4.69, 9.17) is 9.52 Å². The van der Waals surface area contributed by atoms with E-state index < -0.39 is 0 Å². The molecular weight excluding hydrogens is 130 g/mol. The van der Waals surface area contributed by atoms with Crippen molar-refractivity contribution in [3.05, 3.63) is 18.3 Å². The summed E-state index contributed by atoms with van der Waals surface area (Å²) in [6.07, 6.45) is 1.88. The van der Waals surface area contributed by atoms with Gasteiger partial charge in [-0.3, -0.25) is 0 Å². The number of rotatable bonds is 0. The average molecular weight is 137 g/mol. The summed E-state index contributed by atoms with van der Waals surface area (Å²) in [6, 6.07) is 3.41. The van der Waals surface area contributed by atoms with Crippen molar-refractivity contribution in [2.24, 2.45) is 7.05 Å². The Kier molecular flexibility index (Phi) is 0.845. The molecule has 0 unspecified atom stereocenters. The van der Waals surface area contributed by atoms with Gasteiger partial charge in [0.1, 0.15) is 0 Å². The van der Waals surface area contributed by atoms with Gasteiger partial charge in [0.2, 0.25) is 0 Å². The quantitative estimate of drug-likeness (QED) is 0.597. The van der Waals surface area contributed by atoms with Crippen molar-refractivity contribution in [3.8, 4) is 5.95 Å². The Labute approximate surface area is 57.5 Å². The lowest BCUT2D eigenvalue weighted by atomic mass is 10.5. The molecule has 0 fully saturated rings. The van der Waals surface area contributed by atoms with Gasteiger partial charge in [0.05, 0.1) is 5.52 Å². The minimum atomic E-state index is -0.0267. The molecule has 0 radical (unpaired) electrons. The number of hydrogen-bond donors (Lipinski definition) is 1. The van der Waals surface area contributed by atoms with Crippen molar-refractivity contribution in [2.75, 3.05) is 0 Å². The van der Waals surface area contributed by atoms with E-state index in [0.717, 1.165) is 11.1 Å². The van der Waals surface area contributed by atoms with Gasteiger partial charge >= 0.3 is 0 Å². The van der Waals surface area contributed by atoms with E-state index in [1.807, 2.05) is 23.9 Å². The second-order valence-electron chi connectivity index (χ2n) is 2.26. The third-order valence-corrected chi connectivity index (χ3v) is 1.56. The highest BCUT2D eigenvalue weighted by atomic mass is 16.5. The van der Waals surface area contributed by atoms with Crippen LogP contribution in [-0.2, 0) is 7.05 Å². The van der Waals surface area contributed by atoms with Crippen molar-refractivity contribution in [2.45, 2.75) is 0 Å². The van der Waals surface area contributed by atoms with Crippen LogP contribution in [0.3, 0.4) is 0 Å². The van der Waals surface area contributed by atoms with E-state index in [9.17, 15) is 0 Å². The van der Waals surface area contributed by atoms with Gasteiger partial charge in [-0.25, -0.2) is 0 Å². The highest BCUT2D eigenvalue weighted by Gasteiger charge is 2.03. The number of nitrogens with zero attached hydrogens (tertiary/aromatic N) is 1. The Hall–Kier alpha value is -1.38. The number of aryl methyl sites for hydroxylation is 1. The third kappa shape index (κ3) is 0.543. The predicted molar refractivity (Wildman–Crippen MR) is 36.8 cm³/mol. The fraction of sp³-hybridized carbons (Fsp3) is 0.143. The van der Waals surface area contributed by atoms with Crippen LogP contribution in [0.25, 0.3) is 11.1 Å². The predicted octanol–water partition coefficient (Wildman–Crippen LogP) is 1.48. The zero-order valence-electron chi connectivity index (χ0n) is 5.53. The normalized spacial score (nSPS) is 10.9. The summed E-state index contributed by atoms with van der Waals surface area (Å²) in [4.78, 5) is 0. The van der Waals surface area contributed by atoms with Gasteiger partial charge in [0.25, 0.3) is 5.95 Å². The molecule has 0 amide bonds. The Bertz CT molecular complexity index is 358. The molecule has 3 nitrogen and oxygen atoms in total. The van der Waals surface area contributed by atoms with Gasteiger partial charge in [-0.05, 0) is 6.07 Å². The van der Waals surface area contributed by atoms with E-state index in [1.165, 1.54) is 0 Å². The van der Waals surface area contributed by atoms with Crippen LogP contribution in [0.1, 0.15) is 0 Å². The minimum Gasteiger partial charge on any atom is -0.481 e. The molecule has 0 aliphatic rings. The average Bonchev–Trinajstić information content (AvgIpc) is 2.35. The van der Waals surface area contributed by atoms with E-state index in [1.54, 1.807) is 6.07 Å². The van der Waals surface area contributed by atoms with Crippen molar-refractivity contribution >= 4 is 11.1 Å². The maximum atomic E-state index is 8.89. The van der Waals surface area contributed by atoms with E-state index in [0.29, 0.717) is 0 Å². The summed E-state index contributed by atoms with van der Waals surface area (Å²) < 4.78 is 6.81. The molecule has 3 heteroatoms. The molecule has 52 valence electrons. The molecule has 0 atom stereocenters. The lowest BCUT2D eigenvalue weighted by Gasteiger charge is -1.85. The lowest BCUT2D eigenvalue weighted by molar-refractivity contribution is 0.346. The number of aromatic nitrogens is 1. The minimum absolute atomic E-state index is 0.0267. The van der Waals surface area contributed by atoms with Crippen molar-refractivity contribution in [1.82, 2.24) is 4.57 Å². The molecule has 0 aromatic carbocycles. The maximum absolute atomic E-state index is 8.89. The third-order valence-electron chi connectivity index (χ3n) is 1.56. The highest BCUT2D eigenvalue weighted by Crippen LogP contribution is 2.23. The van der Waals surface area contributed by atoms with Gasteiger partial charge in [-0.15, -0.1) is 0 Å². The van der Waals surface area contributed by atoms with Crippen molar-refractivity contribution in [1.29, 1.82) is 0 Å². The molecule has 0 aliphatic heterocycles. The number of furan rings is 1. The van der Waals surface area contributed by atoms with Gasteiger partial charge in [-0.1, -0.05) is 0 Å². The van der Waals surface area contributed by atoms with Gasteiger partial charge in [0, 0.05) is 19.3 Å². The first kappa shape index (κ1) is 5.41. The fourth-order valence-corrected chi connectivity index (χ4v) is 1.04. The van der Waals surface area contributed by atoms with Crippen LogP contribution >= 0.6 is 0 Å². The van der Waals surface area contributed by atoms with Gasteiger partial charge in [0.15, 0.2) is 5.58 Å². The molecule has 2 rings (SSSR count). The summed E-state index contributed by atoms with van der Waals surface area (Å²) in [6.45, 7) is 0. The smallest absolute Gasteiger partial charge is 0.284 e.